The maximum absolute atomic E-state index is 13.9. The van der Waals surface area contributed by atoms with Gasteiger partial charge in [0.25, 0.3) is 5.91 Å². The number of anilines is 2. The molecule has 6 heteroatoms. The number of rotatable bonds is 2. The number of hydrogen-bond donors (Lipinski definition) is 2. The zero-order chi connectivity index (χ0) is 14.1. The molecule has 0 saturated carbocycles. The third-order valence-electron chi connectivity index (χ3n) is 3.12. The van der Waals surface area contributed by atoms with Gasteiger partial charge in [-0.3, -0.25) is 9.59 Å². The molecule has 1 aromatic carbocycles. The van der Waals surface area contributed by atoms with Gasteiger partial charge in [0.15, 0.2) is 0 Å². The van der Waals surface area contributed by atoms with Crippen LogP contribution in [-0.2, 0) is 11.2 Å². The van der Waals surface area contributed by atoms with Crippen LogP contribution in [0.2, 0.25) is 0 Å². The minimum absolute atomic E-state index is 0.0251. The van der Waals surface area contributed by atoms with Gasteiger partial charge in [-0.05, 0) is 30.2 Å². The Kier molecular flexibility index (Phi) is 2.98. The second-order valence-corrected chi connectivity index (χ2v) is 4.50. The molecule has 3 rings (SSSR count). The van der Waals surface area contributed by atoms with Gasteiger partial charge in [-0.25, -0.2) is 4.39 Å². The minimum Gasteiger partial charge on any atom is -0.472 e. The van der Waals surface area contributed by atoms with Crippen LogP contribution in [0.15, 0.2) is 35.1 Å². The van der Waals surface area contributed by atoms with Gasteiger partial charge in [0.05, 0.1) is 17.5 Å². The summed E-state index contributed by atoms with van der Waals surface area (Å²) in [5, 5.41) is 5.11. The zero-order valence-electron chi connectivity index (χ0n) is 10.4. The van der Waals surface area contributed by atoms with Gasteiger partial charge in [-0.15, -0.1) is 0 Å². The number of carbonyl (C=O) groups is 2. The first-order valence-corrected chi connectivity index (χ1v) is 6.09. The van der Waals surface area contributed by atoms with E-state index in [0.717, 1.165) is 5.56 Å². The number of fused-ring (bicyclic) bond motifs is 1. The van der Waals surface area contributed by atoms with Crippen LogP contribution in [0.5, 0.6) is 0 Å². The summed E-state index contributed by atoms with van der Waals surface area (Å²) in [6, 6.07) is 4.24. The van der Waals surface area contributed by atoms with Gasteiger partial charge in [-0.1, -0.05) is 0 Å². The van der Waals surface area contributed by atoms with Crippen molar-refractivity contribution in [3.05, 3.63) is 47.7 Å². The number of hydrogen-bond acceptors (Lipinski definition) is 3. The number of carbonyl (C=O) groups excluding carboxylic acids is 2. The SMILES string of the molecule is O=C1CCc2cc(F)c(NC(=O)c3ccoc3)cc2N1. The Morgan fingerprint density at radius 3 is 2.95 bits per heavy atom. The fourth-order valence-corrected chi connectivity index (χ4v) is 2.08. The van der Waals surface area contributed by atoms with Gasteiger partial charge in [0, 0.05) is 12.1 Å². The first-order valence-electron chi connectivity index (χ1n) is 6.09. The van der Waals surface area contributed by atoms with E-state index in [2.05, 4.69) is 10.6 Å². The van der Waals surface area contributed by atoms with E-state index < -0.39 is 11.7 Å². The molecule has 0 radical (unpaired) electrons. The highest BCUT2D eigenvalue weighted by atomic mass is 19.1. The Morgan fingerprint density at radius 2 is 2.20 bits per heavy atom. The third kappa shape index (κ3) is 2.27. The predicted molar refractivity (Wildman–Crippen MR) is 70.0 cm³/mol. The number of furan rings is 1. The van der Waals surface area contributed by atoms with Crippen molar-refractivity contribution in [3.63, 3.8) is 0 Å². The largest absolute Gasteiger partial charge is 0.472 e. The molecule has 2 N–H and O–H groups in total. The Bertz CT molecular complexity index is 680. The standard InChI is InChI=1S/C14H11FN2O3/c15-10-5-8-1-2-13(18)16-11(8)6-12(10)17-14(19)9-3-4-20-7-9/h3-7H,1-2H2,(H,16,18)(H,17,19). The van der Waals surface area contributed by atoms with Gasteiger partial charge in [0.1, 0.15) is 12.1 Å². The van der Waals surface area contributed by atoms with Gasteiger partial charge in [-0.2, -0.15) is 0 Å². The molecule has 102 valence electrons. The highest BCUT2D eigenvalue weighted by Gasteiger charge is 2.19. The first kappa shape index (κ1) is 12.4. The van der Waals surface area contributed by atoms with Crippen LogP contribution < -0.4 is 10.6 Å². The Morgan fingerprint density at radius 1 is 1.35 bits per heavy atom. The Labute approximate surface area is 113 Å². The summed E-state index contributed by atoms with van der Waals surface area (Å²) < 4.78 is 18.7. The average molecular weight is 274 g/mol. The van der Waals surface area contributed by atoms with E-state index in [0.29, 0.717) is 24.1 Å². The molecule has 2 aromatic rings. The van der Waals surface area contributed by atoms with Crippen LogP contribution in [0.1, 0.15) is 22.3 Å². The molecule has 0 aliphatic carbocycles. The smallest absolute Gasteiger partial charge is 0.258 e. The Hall–Kier alpha value is -2.63. The Balaban J connectivity index is 1.88. The highest BCUT2D eigenvalue weighted by Crippen LogP contribution is 2.28. The molecular weight excluding hydrogens is 263 g/mol. The average Bonchev–Trinajstić information content (AvgIpc) is 2.94. The van der Waals surface area contributed by atoms with Crippen molar-refractivity contribution in [2.24, 2.45) is 0 Å². The topological polar surface area (TPSA) is 71.3 Å². The van der Waals surface area contributed by atoms with Crippen LogP contribution in [-0.4, -0.2) is 11.8 Å². The van der Waals surface area contributed by atoms with E-state index in [4.69, 9.17) is 4.42 Å². The van der Waals surface area contributed by atoms with Crippen molar-refractivity contribution in [1.82, 2.24) is 0 Å². The van der Waals surface area contributed by atoms with Crippen LogP contribution >= 0.6 is 0 Å². The van der Waals surface area contributed by atoms with Crippen molar-refractivity contribution in [2.45, 2.75) is 12.8 Å². The highest BCUT2D eigenvalue weighted by molar-refractivity contribution is 6.04. The van der Waals surface area contributed by atoms with Crippen LogP contribution in [0.3, 0.4) is 0 Å². The number of benzene rings is 1. The molecule has 20 heavy (non-hydrogen) atoms. The van der Waals surface area contributed by atoms with Crippen molar-refractivity contribution in [1.29, 1.82) is 0 Å². The molecule has 0 saturated heterocycles. The maximum atomic E-state index is 13.9. The second-order valence-electron chi connectivity index (χ2n) is 4.50. The van der Waals surface area contributed by atoms with Crippen molar-refractivity contribution in [3.8, 4) is 0 Å². The summed E-state index contributed by atoms with van der Waals surface area (Å²) in [6.45, 7) is 0. The van der Waals surface area contributed by atoms with Gasteiger partial charge in [0.2, 0.25) is 5.91 Å². The van der Waals surface area contributed by atoms with Crippen LogP contribution in [0.4, 0.5) is 15.8 Å². The molecule has 1 aliphatic rings. The molecule has 0 fully saturated rings. The van der Waals surface area contributed by atoms with E-state index in [9.17, 15) is 14.0 Å². The summed E-state index contributed by atoms with van der Waals surface area (Å²) in [6.07, 6.45) is 3.47. The van der Waals surface area contributed by atoms with Crippen molar-refractivity contribution >= 4 is 23.2 Å². The number of nitrogens with one attached hydrogen (secondary N) is 2. The summed E-state index contributed by atoms with van der Waals surface area (Å²) in [7, 11) is 0. The van der Waals surface area contributed by atoms with Crippen molar-refractivity contribution in [2.75, 3.05) is 10.6 Å². The van der Waals surface area contributed by atoms with Gasteiger partial charge >= 0.3 is 0 Å². The molecule has 5 nitrogen and oxygen atoms in total. The van der Waals surface area contributed by atoms with E-state index in [-0.39, 0.29) is 11.6 Å². The van der Waals surface area contributed by atoms with Crippen LogP contribution in [0, 0.1) is 5.82 Å². The lowest BCUT2D eigenvalue weighted by atomic mass is 10.0. The molecule has 2 heterocycles. The third-order valence-corrected chi connectivity index (χ3v) is 3.12. The molecule has 0 atom stereocenters. The van der Waals surface area contributed by atoms with E-state index in [1.807, 2.05) is 0 Å². The summed E-state index contributed by atoms with van der Waals surface area (Å²) >= 11 is 0. The van der Waals surface area contributed by atoms with Crippen molar-refractivity contribution < 1.29 is 18.4 Å². The molecule has 2 amide bonds. The first-order chi connectivity index (χ1) is 9.63. The quantitative estimate of drug-likeness (QED) is 0.884. The molecule has 1 aromatic heterocycles. The van der Waals surface area contributed by atoms with Gasteiger partial charge < -0.3 is 15.1 Å². The number of halogens is 1. The normalized spacial score (nSPS) is 13.6. The maximum Gasteiger partial charge on any atom is 0.258 e. The lowest BCUT2D eigenvalue weighted by molar-refractivity contribution is -0.116. The fourth-order valence-electron chi connectivity index (χ4n) is 2.08. The molecular formula is C14H11FN2O3. The number of amides is 2. The lowest BCUT2D eigenvalue weighted by Crippen LogP contribution is -2.20. The fraction of sp³-hybridized carbons (Fsp3) is 0.143. The summed E-state index contributed by atoms with van der Waals surface area (Å²) in [4.78, 5) is 23.2. The molecule has 1 aliphatic heterocycles. The minimum atomic E-state index is -0.531. The number of aryl methyl sites for hydroxylation is 1. The predicted octanol–water partition coefficient (Wildman–Crippen LogP) is 2.56. The molecule has 0 spiro atoms. The van der Waals surface area contributed by atoms with E-state index in [1.54, 1.807) is 0 Å². The second kappa shape index (κ2) is 4.80. The lowest BCUT2D eigenvalue weighted by Gasteiger charge is -2.18. The van der Waals surface area contributed by atoms with E-state index >= 15 is 0 Å². The van der Waals surface area contributed by atoms with E-state index in [1.165, 1.54) is 30.7 Å². The molecule has 0 bridgehead atoms. The molecule has 0 unspecified atom stereocenters. The zero-order valence-corrected chi connectivity index (χ0v) is 10.4. The summed E-state index contributed by atoms with van der Waals surface area (Å²) in [5.41, 5.74) is 1.58. The monoisotopic (exact) mass is 274 g/mol. The van der Waals surface area contributed by atoms with Crippen LogP contribution in [0.25, 0.3) is 0 Å². The summed E-state index contributed by atoms with van der Waals surface area (Å²) in [5.74, 6) is -1.12.